The zero-order chi connectivity index (χ0) is 20.0. The Labute approximate surface area is 160 Å². The number of ketones is 1. The van der Waals surface area contributed by atoms with Crippen LogP contribution >= 0.6 is 0 Å². The average Bonchev–Trinajstić information content (AvgIpc) is 2.81. The predicted octanol–water partition coefficient (Wildman–Crippen LogP) is 5.53. The summed E-state index contributed by atoms with van der Waals surface area (Å²) < 4.78 is 14.2. The summed E-state index contributed by atoms with van der Waals surface area (Å²) in [5.41, 5.74) is -0.541. The monoisotopic (exact) mass is 370 g/mol. The van der Waals surface area contributed by atoms with Gasteiger partial charge in [0.2, 0.25) is 5.60 Å². The van der Waals surface area contributed by atoms with Crippen molar-refractivity contribution in [2.24, 2.45) is 5.41 Å². The lowest BCUT2D eigenvalue weighted by Crippen LogP contribution is -2.41. The summed E-state index contributed by atoms with van der Waals surface area (Å²) in [4.78, 5) is 25.4. The van der Waals surface area contributed by atoms with E-state index in [4.69, 9.17) is 9.78 Å². The quantitative estimate of drug-likeness (QED) is 0.526. The molecule has 2 aromatic carbocycles. The maximum absolute atomic E-state index is 14.2. The van der Waals surface area contributed by atoms with Gasteiger partial charge in [-0.3, -0.25) is 4.79 Å². The van der Waals surface area contributed by atoms with E-state index in [1.54, 1.807) is 6.07 Å². The zero-order valence-electron chi connectivity index (χ0n) is 16.8. The maximum Gasteiger partial charge on any atom is 0.212 e. The first kappa shape index (κ1) is 19.7. The number of halogens is 1. The maximum atomic E-state index is 14.2. The van der Waals surface area contributed by atoms with E-state index in [1.165, 1.54) is 12.1 Å². The average molecular weight is 370 g/mol. The highest BCUT2D eigenvalue weighted by Crippen LogP contribution is 2.54. The summed E-state index contributed by atoms with van der Waals surface area (Å²) in [6.45, 7) is 11.6. The van der Waals surface area contributed by atoms with Gasteiger partial charge in [-0.1, -0.05) is 57.2 Å². The molecule has 1 aliphatic carbocycles. The fourth-order valence-electron chi connectivity index (χ4n) is 3.71. The molecule has 0 spiro atoms. The van der Waals surface area contributed by atoms with Crippen LogP contribution in [0.4, 0.5) is 4.39 Å². The molecular weight excluding hydrogens is 343 g/mol. The highest BCUT2D eigenvalue weighted by Gasteiger charge is 2.58. The topological polar surface area (TPSA) is 35.5 Å². The van der Waals surface area contributed by atoms with Gasteiger partial charge in [0, 0.05) is 5.56 Å². The molecule has 0 bridgehead atoms. The van der Waals surface area contributed by atoms with Crippen molar-refractivity contribution >= 4 is 5.78 Å². The first-order valence-electron chi connectivity index (χ1n) is 9.23. The van der Waals surface area contributed by atoms with Gasteiger partial charge < -0.3 is 0 Å². The molecule has 0 fully saturated rings. The van der Waals surface area contributed by atoms with Crippen LogP contribution < -0.4 is 0 Å². The van der Waals surface area contributed by atoms with Crippen LogP contribution in [0, 0.1) is 11.2 Å². The lowest BCUT2D eigenvalue weighted by atomic mass is 9.75. The molecule has 0 N–H and O–H groups in total. The lowest BCUT2D eigenvalue weighted by molar-refractivity contribution is -0.388. The molecule has 0 amide bonds. The van der Waals surface area contributed by atoms with E-state index < -0.39 is 22.9 Å². The molecule has 0 aliphatic heterocycles. The van der Waals surface area contributed by atoms with Crippen LogP contribution in [-0.2, 0) is 20.2 Å². The van der Waals surface area contributed by atoms with Crippen molar-refractivity contribution in [3.05, 3.63) is 71.0 Å². The molecule has 4 heteroatoms. The van der Waals surface area contributed by atoms with Crippen molar-refractivity contribution in [3.63, 3.8) is 0 Å². The first-order valence-corrected chi connectivity index (χ1v) is 9.23. The van der Waals surface area contributed by atoms with Gasteiger partial charge in [-0.25, -0.2) is 14.2 Å². The van der Waals surface area contributed by atoms with Gasteiger partial charge in [0.05, 0.1) is 11.5 Å². The molecule has 2 atom stereocenters. The van der Waals surface area contributed by atoms with Crippen molar-refractivity contribution < 1.29 is 19.0 Å². The summed E-state index contributed by atoms with van der Waals surface area (Å²) in [6, 6.07) is 13.7. The number of hydrogen-bond acceptors (Lipinski definition) is 3. The summed E-state index contributed by atoms with van der Waals surface area (Å²) in [5, 5.41) is 0. The minimum absolute atomic E-state index is 0.133. The van der Waals surface area contributed by atoms with Gasteiger partial charge in [-0.05, 0) is 49.4 Å². The number of rotatable bonds is 3. The molecule has 0 heterocycles. The van der Waals surface area contributed by atoms with Gasteiger partial charge in [0.1, 0.15) is 5.82 Å². The summed E-state index contributed by atoms with van der Waals surface area (Å²) in [5.74, 6) is -0.973. The van der Waals surface area contributed by atoms with Gasteiger partial charge in [-0.15, -0.1) is 0 Å². The fraction of sp³-hybridized carbons (Fsp3) is 0.435. The van der Waals surface area contributed by atoms with Gasteiger partial charge >= 0.3 is 0 Å². The number of hydrogen-bond donors (Lipinski definition) is 0. The number of carbonyl (C=O) groups is 1. The highest BCUT2D eigenvalue weighted by atomic mass is 19.1. The second-order valence-electron chi connectivity index (χ2n) is 9.22. The Morgan fingerprint density at radius 3 is 2.15 bits per heavy atom. The van der Waals surface area contributed by atoms with E-state index in [0.717, 1.165) is 5.56 Å². The normalized spacial score (nSPS) is 22.8. The van der Waals surface area contributed by atoms with Crippen molar-refractivity contribution in [2.45, 2.75) is 58.7 Å². The largest absolute Gasteiger partial charge is 0.295 e. The van der Waals surface area contributed by atoms with E-state index in [-0.39, 0.29) is 11.2 Å². The Morgan fingerprint density at radius 1 is 0.963 bits per heavy atom. The Kier molecular flexibility index (Phi) is 4.77. The Balaban J connectivity index is 2.29. The van der Waals surface area contributed by atoms with Crippen molar-refractivity contribution in [3.8, 4) is 0 Å². The third-order valence-electron chi connectivity index (χ3n) is 4.78. The molecule has 0 radical (unpaired) electrons. The molecule has 0 saturated carbocycles. The van der Waals surface area contributed by atoms with Gasteiger partial charge in [0.15, 0.2) is 5.78 Å². The van der Waals surface area contributed by atoms with Crippen LogP contribution in [0.15, 0.2) is 48.5 Å². The molecule has 27 heavy (non-hydrogen) atoms. The van der Waals surface area contributed by atoms with E-state index >= 15 is 0 Å². The zero-order valence-corrected chi connectivity index (χ0v) is 16.8. The smallest absolute Gasteiger partial charge is 0.212 e. The van der Waals surface area contributed by atoms with E-state index in [0.29, 0.717) is 11.1 Å². The van der Waals surface area contributed by atoms with E-state index in [9.17, 15) is 9.18 Å². The van der Waals surface area contributed by atoms with Crippen LogP contribution in [0.5, 0.6) is 0 Å². The minimum Gasteiger partial charge on any atom is -0.295 e. The second kappa shape index (κ2) is 6.54. The van der Waals surface area contributed by atoms with Crippen molar-refractivity contribution in [1.29, 1.82) is 0 Å². The first-order chi connectivity index (χ1) is 12.5. The van der Waals surface area contributed by atoms with Crippen LogP contribution in [0.3, 0.4) is 0 Å². The lowest BCUT2D eigenvalue weighted by Gasteiger charge is -2.33. The molecule has 1 aliphatic rings. The van der Waals surface area contributed by atoms with E-state index in [1.807, 2.05) is 71.9 Å². The van der Waals surface area contributed by atoms with E-state index in [2.05, 4.69) is 0 Å². The number of carbonyl (C=O) groups excluding carboxylic acids is 1. The summed E-state index contributed by atoms with van der Waals surface area (Å²) >= 11 is 0. The Morgan fingerprint density at radius 2 is 1.59 bits per heavy atom. The summed E-state index contributed by atoms with van der Waals surface area (Å²) in [7, 11) is 0. The van der Waals surface area contributed by atoms with Crippen LogP contribution in [0.2, 0.25) is 0 Å². The SMILES string of the molecule is CC(C)(C)OO[C@@]1(c2ccccc2)C(=O)[C@H](C(C)(C)C)c2ccc(F)cc21. The fourth-order valence-corrected chi connectivity index (χ4v) is 3.71. The number of Topliss-reactive ketones (excluding diaryl/α,β-unsaturated/α-hetero) is 1. The second-order valence-corrected chi connectivity index (χ2v) is 9.22. The van der Waals surface area contributed by atoms with Crippen LogP contribution in [0.1, 0.15) is 64.2 Å². The van der Waals surface area contributed by atoms with Crippen molar-refractivity contribution in [2.75, 3.05) is 0 Å². The molecule has 3 nitrogen and oxygen atoms in total. The highest BCUT2D eigenvalue weighted by molar-refractivity contribution is 6.02. The van der Waals surface area contributed by atoms with Gasteiger partial charge in [0.25, 0.3) is 0 Å². The molecule has 0 unspecified atom stereocenters. The van der Waals surface area contributed by atoms with Gasteiger partial charge in [-0.2, -0.15) is 0 Å². The molecule has 0 aromatic heterocycles. The molecule has 2 aromatic rings. The Bertz CT molecular complexity index is 846. The third kappa shape index (κ3) is 3.44. The molecule has 3 rings (SSSR count). The standard InChI is InChI=1S/C23H27FO3/c1-21(2,3)19-17-13-12-16(24)14-18(17)23(20(19)25,27-26-22(4,5)6)15-10-8-7-9-11-15/h7-14,19H,1-6H3/t19-,23-/m1/s1. The third-order valence-corrected chi connectivity index (χ3v) is 4.78. The number of fused-ring (bicyclic) bond motifs is 1. The molecular formula is C23H27FO3. The number of benzene rings is 2. The Hall–Kier alpha value is -2.04. The minimum atomic E-state index is -1.50. The van der Waals surface area contributed by atoms with Crippen LogP contribution in [0.25, 0.3) is 0 Å². The summed E-state index contributed by atoms with van der Waals surface area (Å²) in [6.07, 6.45) is 0. The predicted molar refractivity (Wildman–Crippen MR) is 103 cm³/mol. The molecule has 0 saturated heterocycles. The van der Waals surface area contributed by atoms with Crippen molar-refractivity contribution in [1.82, 2.24) is 0 Å². The molecule has 144 valence electrons. The van der Waals surface area contributed by atoms with Crippen LogP contribution in [-0.4, -0.2) is 11.4 Å².